The molecule has 0 radical (unpaired) electrons. The molecule has 21 heavy (non-hydrogen) atoms. The number of rotatable bonds is 8. The molecule has 7 nitrogen and oxygen atoms in total. The third-order valence-corrected chi connectivity index (χ3v) is 3.27. The van der Waals surface area contributed by atoms with Crippen molar-refractivity contribution in [2.75, 3.05) is 13.2 Å². The number of hydrogen-bond donors (Lipinski definition) is 3. The zero-order chi connectivity index (χ0) is 15.8. The summed E-state index contributed by atoms with van der Waals surface area (Å²) in [5, 5.41) is 20.5. The molecule has 3 N–H and O–H groups in total. The van der Waals surface area contributed by atoms with Gasteiger partial charge in [0.25, 0.3) is 0 Å². The van der Waals surface area contributed by atoms with Crippen molar-refractivity contribution >= 4 is 12.0 Å². The van der Waals surface area contributed by atoms with Crippen molar-refractivity contribution in [1.82, 2.24) is 10.2 Å². The Labute approximate surface area is 123 Å². The van der Waals surface area contributed by atoms with Gasteiger partial charge in [-0.3, -0.25) is 0 Å². The van der Waals surface area contributed by atoms with Crippen LogP contribution in [-0.2, 0) is 6.54 Å². The van der Waals surface area contributed by atoms with Gasteiger partial charge < -0.3 is 24.8 Å². The standard InChI is InChI=1S/C14H22N2O5/c1-3-10(4-2)16(7-8-17)14(20)15-9-11-5-6-12(21-11)13(18)19/h5-6,10,17H,3-4,7-9H2,1-2H3,(H,15,20)(H,18,19). The van der Waals surface area contributed by atoms with Crippen molar-refractivity contribution in [2.45, 2.75) is 39.3 Å². The van der Waals surface area contributed by atoms with E-state index in [4.69, 9.17) is 14.6 Å². The smallest absolute Gasteiger partial charge is 0.371 e. The van der Waals surface area contributed by atoms with Crippen LogP contribution in [0.4, 0.5) is 4.79 Å². The topological polar surface area (TPSA) is 103 Å². The Morgan fingerprint density at radius 1 is 1.33 bits per heavy atom. The van der Waals surface area contributed by atoms with Crippen molar-refractivity contribution in [1.29, 1.82) is 0 Å². The highest BCUT2D eigenvalue weighted by Crippen LogP contribution is 2.10. The van der Waals surface area contributed by atoms with Crippen LogP contribution in [0.2, 0.25) is 0 Å². The average Bonchev–Trinajstić information content (AvgIpc) is 2.94. The number of nitrogens with zero attached hydrogens (tertiary/aromatic N) is 1. The molecule has 1 aromatic rings. The number of furan rings is 1. The Bertz CT molecular complexity index is 468. The van der Waals surface area contributed by atoms with E-state index in [9.17, 15) is 9.59 Å². The molecule has 0 aromatic carbocycles. The fourth-order valence-electron chi connectivity index (χ4n) is 2.14. The van der Waals surface area contributed by atoms with Gasteiger partial charge in [0.15, 0.2) is 0 Å². The molecular formula is C14H22N2O5. The Morgan fingerprint density at radius 2 is 2.00 bits per heavy atom. The summed E-state index contributed by atoms with van der Waals surface area (Å²) in [7, 11) is 0. The van der Waals surface area contributed by atoms with E-state index < -0.39 is 5.97 Å². The number of amides is 2. The molecule has 1 rings (SSSR count). The summed E-state index contributed by atoms with van der Waals surface area (Å²) in [5.74, 6) is -0.938. The lowest BCUT2D eigenvalue weighted by atomic mass is 10.1. The molecule has 0 unspecified atom stereocenters. The third kappa shape index (κ3) is 4.78. The van der Waals surface area contributed by atoms with Gasteiger partial charge in [0.05, 0.1) is 13.2 Å². The van der Waals surface area contributed by atoms with E-state index in [0.717, 1.165) is 12.8 Å². The maximum absolute atomic E-state index is 12.2. The lowest BCUT2D eigenvalue weighted by Gasteiger charge is -2.29. The van der Waals surface area contributed by atoms with Crippen molar-refractivity contribution < 1.29 is 24.2 Å². The number of urea groups is 1. The van der Waals surface area contributed by atoms with E-state index in [-0.39, 0.29) is 37.5 Å². The zero-order valence-corrected chi connectivity index (χ0v) is 12.3. The van der Waals surface area contributed by atoms with E-state index in [2.05, 4.69) is 5.32 Å². The summed E-state index contributed by atoms with van der Waals surface area (Å²) in [4.78, 5) is 24.4. The first-order valence-electron chi connectivity index (χ1n) is 7.00. The molecule has 1 heterocycles. The van der Waals surface area contributed by atoms with Gasteiger partial charge in [-0.05, 0) is 25.0 Å². The molecular weight excluding hydrogens is 276 g/mol. The zero-order valence-electron chi connectivity index (χ0n) is 12.3. The number of carboxylic acids is 1. The van der Waals surface area contributed by atoms with Gasteiger partial charge in [0.2, 0.25) is 5.76 Å². The minimum Gasteiger partial charge on any atom is -0.475 e. The van der Waals surface area contributed by atoms with E-state index in [0.29, 0.717) is 5.76 Å². The van der Waals surface area contributed by atoms with E-state index in [1.54, 1.807) is 4.90 Å². The molecule has 0 aliphatic heterocycles. The molecule has 0 fully saturated rings. The predicted molar refractivity (Wildman–Crippen MR) is 76.1 cm³/mol. The third-order valence-electron chi connectivity index (χ3n) is 3.27. The van der Waals surface area contributed by atoms with Crippen LogP contribution in [-0.4, -0.2) is 46.3 Å². The number of hydrogen-bond acceptors (Lipinski definition) is 4. The fourth-order valence-corrected chi connectivity index (χ4v) is 2.14. The van der Waals surface area contributed by atoms with Crippen molar-refractivity contribution in [2.24, 2.45) is 0 Å². The first-order valence-corrected chi connectivity index (χ1v) is 7.00. The molecule has 0 saturated carbocycles. The first kappa shape index (κ1) is 17.0. The lowest BCUT2D eigenvalue weighted by Crippen LogP contribution is -2.46. The second-order valence-electron chi connectivity index (χ2n) is 4.62. The Kier molecular flexibility index (Phi) is 6.74. The van der Waals surface area contributed by atoms with Crippen molar-refractivity contribution in [3.63, 3.8) is 0 Å². The molecule has 0 saturated heterocycles. The molecule has 2 amide bonds. The number of aromatic carboxylic acids is 1. The van der Waals surface area contributed by atoms with Gasteiger partial charge in [-0.2, -0.15) is 0 Å². The van der Waals surface area contributed by atoms with Gasteiger partial charge in [0.1, 0.15) is 5.76 Å². The highest BCUT2D eigenvalue weighted by Gasteiger charge is 2.20. The minimum atomic E-state index is -1.15. The van der Waals surface area contributed by atoms with Crippen LogP contribution in [0.3, 0.4) is 0 Å². The molecule has 0 aliphatic carbocycles. The van der Waals surface area contributed by atoms with E-state index >= 15 is 0 Å². The normalized spacial score (nSPS) is 10.7. The van der Waals surface area contributed by atoms with Crippen LogP contribution in [0, 0.1) is 0 Å². The maximum atomic E-state index is 12.2. The van der Waals surface area contributed by atoms with Crippen LogP contribution in [0.5, 0.6) is 0 Å². The molecule has 0 spiro atoms. The number of nitrogens with one attached hydrogen (secondary N) is 1. The Hall–Kier alpha value is -2.02. The summed E-state index contributed by atoms with van der Waals surface area (Å²) in [6.07, 6.45) is 1.60. The van der Waals surface area contributed by atoms with Crippen molar-refractivity contribution in [3.05, 3.63) is 23.7 Å². The molecule has 118 valence electrons. The number of carbonyl (C=O) groups excluding carboxylic acids is 1. The van der Waals surface area contributed by atoms with Gasteiger partial charge >= 0.3 is 12.0 Å². The molecule has 7 heteroatoms. The summed E-state index contributed by atoms with van der Waals surface area (Å²) in [6.45, 7) is 4.23. The van der Waals surface area contributed by atoms with Crippen LogP contribution in [0.25, 0.3) is 0 Å². The van der Waals surface area contributed by atoms with Gasteiger partial charge in [-0.15, -0.1) is 0 Å². The number of aliphatic hydroxyl groups is 1. The van der Waals surface area contributed by atoms with E-state index in [1.165, 1.54) is 12.1 Å². The number of carboxylic acid groups (broad SMARTS) is 1. The summed E-state index contributed by atoms with van der Waals surface area (Å²) < 4.78 is 5.07. The molecule has 0 bridgehead atoms. The predicted octanol–water partition coefficient (Wildman–Crippen LogP) is 1.67. The van der Waals surface area contributed by atoms with Crippen LogP contribution in [0.15, 0.2) is 16.5 Å². The fraction of sp³-hybridized carbons (Fsp3) is 0.571. The van der Waals surface area contributed by atoms with Crippen molar-refractivity contribution in [3.8, 4) is 0 Å². The van der Waals surface area contributed by atoms with E-state index in [1.807, 2.05) is 13.8 Å². The quantitative estimate of drug-likeness (QED) is 0.677. The number of carbonyl (C=O) groups is 2. The monoisotopic (exact) mass is 298 g/mol. The van der Waals surface area contributed by atoms with Gasteiger partial charge in [-0.25, -0.2) is 9.59 Å². The average molecular weight is 298 g/mol. The lowest BCUT2D eigenvalue weighted by molar-refractivity contribution is 0.0660. The molecule has 1 aromatic heterocycles. The molecule has 0 aliphatic rings. The highest BCUT2D eigenvalue weighted by molar-refractivity contribution is 5.84. The minimum absolute atomic E-state index is 0.0586. The summed E-state index contributed by atoms with van der Waals surface area (Å²) in [6, 6.07) is 2.61. The second-order valence-corrected chi connectivity index (χ2v) is 4.62. The SMILES string of the molecule is CCC(CC)N(CCO)C(=O)NCc1ccc(C(=O)O)o1. The number of aliphatic hydroxyl groups excluding tert-OH is 1. The Morgan fingerprint density at radius 3 is 2.48 bits per heavy atom. The summed E-state index contributed by atoms with van der Waals surface area (Å²) in [5.41, 5.74) is 0. The largest absolute Gasteiger partial charge is 0.475 e. The van der Waals surface area contributed by atoms with Crippen LogP contribution in [0.1, 0.15) is 43.0 Å². The highest BCUT2D eigenvalue weighted by atomic mass is 16.4. The Balaban J connectivity index is 2.61. The summed E-state index contributed by atoms with van der Waals surface area (Å²) >= 11 is 0. The first-order chi connectivity index (χ1) is 10.0. The van der Waals surface area contributed by atoms with Gasteiger partial charge in [-0.1, -0.05) is 13.8 Å². The van der Waals surface area contributed by atoms with Crippen LogP contribution >= 0.6 is 0 Å². The molecule has 0 atom stereocenters. The van der Waals surface area contributed by atoms with Gasteiger partial charge in [0, 0.05) is 12.6 Å². The maximum Gasteiger partial charge on any atom is 0.371 e. The second kappa shape index (κ2) is 8.31. The van der Waals surface area contributed by atoms with Crippen LogP contribution < -0.4 is 5.32 Å².